The van der Waals surface area contributed by atoms with Gasteiger partial charge in [-0.3, -0.25) is 4.79 Å². The second-order valence-electron chi connectivity index (χ2n) is 6.83. The number of carbonyl (C=O) groups is 1. The van der Waals surface area contributed by atoms with E-state index in [1.54, 1.807) is 43.5 Å². The predicted molar refractivity (Wildman–Crippen MR) is 109 cm³/mol. The van der Waals surface area contributed by atoms with Crippen LogP contribution in [-0.4, -0.2) is 38.8 Å². The quantitative estimate of drug-likeness (QED) is 0.797. The molecule has 0 radical (unpaired) electrons. The van der Waals surface area contributed by atoms with Gasteiger partial charge in [0.2, 0.25) is 15.9 Å². The Balaban J connectivity index is 1.73. The van der Waals surface area contributed by atoms with Gasteiger partial charge in [0.15, 0.2) is 0 Å². The van der Waals surface area contributed by atoms with Gasteiger partial charge in [-0.25, -0.2) is 8.42 Å². The summed E-state index contributed by atoms with van der Waals surface area (Å²) in [5, 5.41) is 3.26. The normalized spacial score (nSPS) is 17.9. The van der Waals surface area contributed by atoms with Crippen LogP contribution in [0, 0.1) is 12.8 Å². The number of hydrogen-bond acceptors (Lipinski definition) is 4. The maximum atomic E-state index is 13.0. The maximum Gasteiger partial charge on any atom is 0.243 e. The Kier molecular flexibility index (Phi) is 6.27. The fraction of sp³-hybridized carbons (Fsp3) is 0.350. The number of carbonyl (C=O) groups excluding carboxylic acids is 1. The number of rotatable bonds is 5. The summed E-state index contributed by atoms with van der Waals surface area (Å²) >= 11 is 6.10. The van der Waals surface area contributed by atoms with Crippen molar-refractivity contribution in [3.8, 4) is 5.75 Å². The highest BCUT2D eigenvalue weighted by molar-refractivity contribution is 7.89. The van der Waals surface area contributed by atoms with E-state index in [0.29, 0.717) is 35.8 Å². The van der Waals surface area contributed by atoms with Gasteiger partial charge in [-0.15, -0.1) is 0 Å². The minimum absolute atomic E-state index is 0.142. The number of sulfonamides is 1. The lowest BCUT2D eigenvalue weighted by atomic mass is 9.98. The number of amides is 1. The fourth-order valence-electron chi connectivity index (χ4n) is 3.20. The van der Waals surface area contributed by atoms with E-state index >= 15 is 0 Å². The first kappa shape index (κ1) is 20.6. The van der Waals surface area contributed by atoms with Gasteiger partial charge in [0.1, 0.15) is 5.75 Å². The zero-order chi connectivity index (χ0) is 20.3. The molecule has 28 heavy (non-hydrogen) atoms. The molecule has 1 saturated heterocycles. The molecule has 1 amide bonds. The second-order valence-corrected chi connectivity index (χ2v) is 9.18. The average molecular weight is 423 g/mol. The molecule has 1 fully saturated rings. The van der Waals surface area contributed by atoms with Crippen molar-refractivity contribution in [3.05, 3.63) is 53.1 Å². The van der Waals surface area contributed by atoms with Crippen molar-refractivity contribution >= 4 is 33.2 Å². The molecular formula is C20H23ClN2O4S. The monoisotopic (exact) mass is 422 g/mol. The van der Waals surface area contributed by atoms with Crippen molar-refractivity contribution in [1.29, 1.82) is 0 Å². The highest BCUT2D eigenvalue weighted by atomic mass is 35.5. The smallest absolute Gasteiger partial charge is 0.243 e. The fourth-order valence-corrected chi connectivity index (χ4v) is 5.00. The maximum absolute atomic E-state index is 13.0. The third-order valence-corrected chi connectivity index (χ3v) is 7.14. The molecule has 3 rings (SSSR count). The Morgan fingerprint density at radius 2 is 2.04 bits per heavy atom. The number of nitrogens with zero attached hydrogens (tertiary/aromatic N) is 1. The molecule has 2 aromatic carbocycles. The van der Waals surface area contributed by atoms with Crippen molar-refractivity contribution in [1.82, 2.24) is 4.31 Å². The van der Waals surface area contributed by atoms with E-state index in [1.807, 2.05) is 6.92 Å². The number of hydrogen-bond donors (Lipinski definition) is 1. The predicted octanol–water partition coefficient (Wildman–Crippen LogP) is 3.70. The number of aryl methyl sites for hydroxylation is 1. The molecule has 0 saturated carbocycles. The summed E-state index contributed by atoms with van der Waals surface area (Å²) in [6.07, 6.45) is 1.26. The van der Waals surface area contributed by atoms with Gasteiger partial charge in [0.25, 0.3) is 0 Å². The summed E-state index contributed by atoms with van der Waals surface area (Å²) in [6, 6.07) is 11.8. The molecule has 1 aliphatic heterocycles. The van der Waals surface area contributed by atoms with Crippen LogP contribution in [0.25, 0.3) is 0 Å². The molecule has 0 aliphatic carbocycles. The van der Waals surface area contributed by atoms with Crippen LogP contribution in [0.3, 0.4) is 0 Å². The van der Waals surface area contributed by atoms with Crippen molar-refractivity contribution in [2.45, 2.75) is 24.7 Å². The third-order valence-electron chi connectivity index (χ3n) is 4.87. The first-order valence-corrected chi connectivity index (χ1v) is 10.8. The van der Waals surface area contributed by atoms with Crippen LogP contribution in [0.5, 0.6) is 5.75 Å². The average Bonchev–Trinajstić information content (AvgIpc) is 2.70. The van der Waals surface area contributed by atoms with Crippen LogP contribution in [0.15, 0.2) is 47.4 Å². The lowest BCUT2D eigenvalue weighted by molar-refractivity contribution is -0.120. The number of piperidine rings is 1. The van der Waals surface area contributed by atoms with Crippen LogP contribution in [0.4, 0.5) is 5.69 Å². The zero-order valence-corrected chi connectivity index (χ0v) is 17.4. The Hall–Kier alpha value is -2.09. The summed E-state index contributed by atoms with van der Waals surface area (Å²) in [6.45, 7) is 2.35. The molecule has 1 heterocycles. The van der Waals surface area contributed by atoms with Crippen molar-refractivity contribution in [2.75, 3.05) is 25.5 Å². The largest absolute Gasteiger partial charge is 0.497 e. The molecule has 6 nitrogen and oxygen atoms in total. The topological polar surface area (TPSA) is 75.7 Å². The van der Waals surface area contributed by atoms with E-state index in [9.17, 15) is 13.2 Å². The summed E-state index contributed by atoms with van der Waals surface area (Å²) in [5.74, 6) is 0.0210. The van der Waals surface area contributed by atoms with E-state index in [4.69, 9.17) is 16.3 Å². The minimum atomic E-state index is -3.70. The highest BCUT2D eigenvalue weighted by Gasteiger charge is 2.33. The van der Waals surface area contributed by atoms with E-state index in [2.05, 4.69) is 5.32 Å². The molecule has 8 heteroatoms. The number of methoxy groups -OCH3 is 1. The molecule has 1 unspecified atom stereocenters. The molecule has 2 aromatic rings. The molecule has 150 valence electrons. The van der Waals surface area contributed by atoms with Crippen LogP contribution in [-0.2, 0) is 14.8 Å². The Bertz CT molecular complexity index is 978. The van der Waals surface area contributed by atoms with Crippen LogP contribution in [0.2, 0.25) is 5.02 Å². The molecule has 0 bridgehead atoms. The number of nitrogens with one attached hydrogen (secondary N) is 1. The standard InChI is InChI=1S/C20H23ClN2O4S/c1-14-8-9-18(12-19(14)21)28(25,26)23-10-4-5-15(13-23)20(24)22-16-6-3-7-17(11-16)27-2/h3,6-9,11-12,15H,4-5,10,13H2,1-2H3,(H,22,24). The van der Waals surface area contributed by atoms with E-state index in [1.165, 1.54) is 10.4 Å². The molecule has 1 aliphatic rings. The summed E-state index contributed by atoms with van der Waals surface area (Å²) in [5.41, 5.74) is 1.43. The summed E-state index contributed by atoms with van der Waals surface area (Å²) < 4.78 is 32.5. The van der Waals surface area contributed by atoms with Gasteiger partial charge in [0, 0.05) is 29.9 Å². The van der Waals surface area contributed by atoms with Crippen LogP contribution >= 0.6 is 11.6 Å². The number of ether oxygens (including phenoxy) is 1. The van der Waals surface area contributed by atoms with Gasteiger partial charge < -0.3 is 10.1 Å². The molecule has 0 spiro atoms. The first-order chi connectivity index (χ1) is 13.3. The Morgan fingerprint density at radius 1 is 1.25 bits per heavy atom. The van der Waals surface area contributed by atoms with Gasteiger partial charge in [-0.1, -0.05) is 23.7 Å². The van der Waals surface area contributed by atoms with E-state index in [0.717, 1.165) is 5.56 Å². The first-order valence-electron chi connectivity index (χ1n) is 9.02. The molecular weight excluding hydrogens is 400 g/mol. The van der Waals surface area contributed by atoms with Gasteiger partial charge >= 0.3 is 0 Å². The summed E-state index contributed by atoms with van der Waals surface area (Å²) in [4.78, 5) is 12.8. The van der Waals surface area contributed by atoms with Crippen molar-refractivity contribution in [3.63, 3.8) is 0 Å². The number of halogens is 1. The lowest BCUT2D eigenvalue weighted by Gasteiger charge is -2.31. The van der Waals surface area contributed by atoms with Gasteiger partial charge in [-0.05, 0) is 49.6 Å². The molecule has 1 atom stereocenters. The Labute approximate surface area is 170 Å². The molecule has 0 aromatic heterocycles. The number of benzene rings is 2. The third kappa shape index (κ3) is 4.48. The van der Waals surface area contributed by atoms with Crippen molar-refractivity contribution < 1.29 is 17.9 Å². The van der Waals surface area contributed by atoms with Crippen LogP contribution < -0.4 is 10.1 Å². The minimum Gasteiger partial charge on any atom is -0.497 e. The second kappa shape index (κ2) is 8.51. The SMILES string of the molecule is COc1cccc(NC(=O)C2CCCN(S(=O)(=O)c3ccc(C)c(Cl)c3)C2)c1. The van der Waals surface area contributed by atoms with Crippen molar-refractivity contribution in [2.24, 2.45) is 5.92 Å². The van der Waals surface area contributed by atoms with E-state index in [-0.39, 0.29) is 17.3 Å². The van der Waals surface area contributed by atoms with E-state index < -0.39 is 15.9 Å². The van der Waals surface area contributed by atoms with Crippen LogP contribution in [0.1, 0.15) is 18.4 Å². The molecule has 1 N–H and O–H groups in total. The lowest BCUT2D eigenvalue weighted by Crippen LogP contribution is -2.43. The Morgan fingerprint density at radius 3 is 2.75 bits per heavy atom. The van der Waals surface area contributed by atoms with Gasteiger partial charge in [-0.2, -0.15) is 4.31 Å². The number of anilines is 1. The zero-order valence-electron chi connectivity index (χ0n) is 15.8. The summed E-state index contributed by atoms with van der Waals surface area (Å²) in [7, 11) is -2.14. The highest BCUT2D eigenvalue weighted by Crippen LogP contribution is 2.27. The van der Waals surface area contributed by atoms with Gasteiger partial charge in [0.05, 0.1) is 17.9 Å².